The maximum absolute atomic E-state index is 13.3. The Morgan fingerprint density at radius 1 is 1.19 bits per heavy atom. The fraction of sp³-hybridized carbons (Fsp3) is 0.480. The van der Waals surface area contributed by atoms with Crippen LogP contribution in [0.3, 0.4) is 0 Å². The molecule has 2 fully saturated rings. The first-order chi connectivity index (χ1) is 17.0. The second-order valence-electron chi connectivity index (χ2n) is 10.1. The molecule has 2 aliphatic rings. The summed E-state index contributed by atoms with van der Waals surface area (Å²) < 4.78 is 20.1. The van der Waals surface area contributed by atoms with Gasteiger partial charge in [-0.2, -0.15) is 5.10 Å². The van der Waals surface area contributed by atoms with Gasteiger partial charge in [-0.05, 0) is 52.2 Å². The van der Waals surface area contributed by atoms with Crippen molar-refractivity contribution in [2.75, 3.05) is 19.6 Å². The van der Waals surface area contributed by atoms with Crippen LogP contribution < -0.4 is 5.32 Å². The number of pyridine rings is 1. The number of halogens is 1. The molecular weight excluding hydrogens is 467 g/mol. The summed E-state index contributed by atoms with van der Waals surface area (Å²) in [6.07, 6.45) is 4.33. The third-order valence-corrected chi connectivity index (χ3v) is 6.45. The van der Waals surface area contributed by atoms with Crippen LogP contribution in [-0.4, -0.2) is 73.3 Å². The van der Waals surface area contributed by atoms with Crippen LogP contribution in [0.15, 0.2) is 42.1 Å². The number of hydrogen-bond acceptors (Lipinski definition) is 8. The molecule has 2 saturated heterocycles. The molecule has 0 saturated carbocycles. The van der Waals surface area contributed by atoms with Crippen LogP contribution in [0.2, 0.25) is 0 Å². The molecule has 0 bridgehead atoms. The van der Waals surface area contributed by atoms with Crippen LogP contribution >= 0.6 is 0 Å². The number of rotatable bonds is 3. The average Bonchev–Trinajstić information content (AvgIpc) is 3.28. The van der Waals surface area contributed by atoms with Gasteiger partial charge in [0.1, 0.15) is 28.9 Å². The Morgan fingerprint density at radius 2 is 1.92 bits per heavy atom. The van der Waals surface area contributed by atoms with Crippen molar-refractivity contribution in [2.24, 2.45) is 0 Å². The summed E-state index contributed by atoms with van der Waals surface area (Å²) in [6, 6.07) is 3.19. The van der Waals surface area contributed by atoms with Gasteiger partial charge in [-0.1, -0.05) is 6.07 Å². The van der Waals surface area contributed by atoms with E-state index in [0.29, 0.717) is 43.1 Å². The highest BCUT2D eigenvalue weighted by atomic mass is 19.1. The Hall–Kier alpha value is -3.94. The van der Waals surface area contributed by atoms with Gasteiger partial charge in [0, 0.05) is 19.3 Å². The first-order valence-corrected chi connectivity index (χ1v) is 11.7. The van der Waals surface area contributed by atoms with Crippen molar-refractivity contribution in [3.63, 3.8) is 0 Å². The summed E-state index contributed by atoms with van der Waals surface area (Å²) in [7, 11) is 0. The second-order valence-corrected chi connectivity index (χ2v) is 10.1. The molecule has 36 heavy (non-hydrogen) atoms. The zero-order chi connectivity index (χ0) is 26.1. The average molecular weight is 497 g/mol. The quantitative estimate of drug-likeness (QED) is 0.646. The summed E-state index contributed by atoms with van der Waals surface area (Å²) in [5.74, 6) is 4.04. The lowest BCUT2D eigenvalue weighted by Crippen LogP contribution is -2.62. The number of likely N-dealkylation sites (tertiary alicyclic amines) is 1. The maximum Gasteiger partial charge on any atom is 0.410 e. The van der Waals surface area contributed by atoms with Crippen molar-refractivity contribution < 1.29 is 23.5 Å². The van der Waals surface area contributed by atoms with E-state index in [0.717, 1.165) is 11.8 Å². The Labute approximate surface area is 208 Å². The summed E-state index contributed by atoms with van der Waals surface area (Å²) in [5, 5.41) is 7.12. The molecule has 4 heterocycles. The van der Waals surface area contributed by atoms with E-state index >= 15 is 0 Å². The highest BCUT2D eigenvalue weighted by Crippen LogP contribution is 2.39. The minimum Gasteiger partial charge on any atom is -0.444 e. The van der Waals surface area contributed by atoms with E-state index in [4.69, 9.17) is 4.74 Å². The number of piperidine rings is 1. The Kier molecular flexibility index (Phi) is 6.71. The Balaban J connectivity index is 1.56. The van der Waals surface area contributed by atoms with Gasteiger partial charge < -0.3 is 19.9 Å². The topological polar surface area (TPSA) is 110 Å². The monoisotopic (exact) mass is 496 g/mol. The molecule has 4 rings (SSSR count). The van der Waals surface area contributed by atoms with Crippen LogP contribution in [0.4, 0.5) is 9.18 Å². The van der Waals surface area contributed by atoms with Crippen LogP contribution in [0.1, 0.15) is 52.1 Å². The van der Waals surface area contributed by atoms with Crippen molar-refractivity contribution in [2.45, 2.75) is 57.7 Å². The van der Waals surface area contributed by atoms with Gasteiger partial charge >= 0.3 is 6.09 Å². The van der Waals surface area contributed by atoms with E-state index in [1.54, 1.807) is 37.9 Å². The summed E-state index contributed by atoms with van der Waals surface area (Å²) in [4.78, 5) is 44.3. The van der Waals surface area contributed by atoms with Gasteiger partial charge in [0.05, 0.1) is 30.5 Å². The molecule has 2 aliphatic heterocycles. The van der Waals surface area contributed by atoms with Gasteiger partial charge in [0.25, 0.3) is 0 Å². The second kappa shape index (κ2) is 9.60. The standard InChI is InChI=1S/C25H29FN6O4/c1-17(18-5-6-22(27-11-18)32-13-19(26)12-28-32)31-14-20(15-33)29-25(21(31)16-34)7-9-30(10-8-25)23(35)36-24(2,3)4/h5-6,11-13,17,29H,7-10,14H2,1-4H3. The van der Waals surface area contributed by atoms with Crippen LogP contribution in [0.5, 0.6) is 0 Å². The molecule has 10 nitrogen and oxygen atoms in total. The van der Waals surface area contributed by atoms with Crippen LogP contribution in [0, 0.1) is 5.82 Å². The van der Waals surface area contributed by atoms with Crippen molar-refractivity contribution in [1.82, 2.24) is 29.9 Å². The zero-order valence-electron chi connectivity index (χ0n) is 20.7. The molecule has 1 spiro atoms. The van der Waals surface area contributed by atoms with Crippen LogP contribution in [0.25, 0.3) is 5.82 Å². The van der Waals surface area contributed by atoms with E-state index in [1.807, 2.05) is 23.8 Å². The highest BCUT2D eigenvalue weighted by Gasteiger charge is 2.47. The number of piperazine rings is 1. The van der Waals surface area contributed by atoms with E-state index < -0.39 is 23.1 Å². The molecule has 1 N–H and O–H groups in total. The van der Waals surface area contributed by atoms with E-state index in [9.17, 15) is 18.8 Å². The minimum absolute atomic E-state index is 0.152. The van der Waals surface area contributed by atoms with Crippen molar-refractivity contribution in [1.29, 1.82) is 0 Å². The number of ether oxygens (including phenoxy) is 1. The normalized spacial score (nSPS) is 18.4. The first kappa shape index (κ1) is 25.2. The number of carbonyl (C=O) groups is 1. The minimum atomic E-state index is -0.862. The molecule has 0 aromatic carbocycles. The number of hydrogen-bond donors (Lipinski definition) is 1. The summed E-state index contributed by atoms with van der Waals surface area (Å²) in [6.45, 7) is 8.16. The van der Waals surface area contributed by atoms with E-state index in [1.165, 1.54) is 10.9 Å². The largest absolute Gasteiger partial charge is 0.444 e. The van der Waals surface area contributed by atoms with Crippen molar-refractivity contribution >= 4 is 18.0 Å². The lowest BCUT2D eigenvalue weighted by Gasteiger charge is -2.50. The lowest BCUT2D eigenvalue weighted by molar-refractivity contribution is 0.0141. The Bertz CT molecular complexity index is 1230. The van der Waals surface area contributed by atoms with Crippen molar-refractivity contribution in [3.05, 3.63) is 53.5 Å². The summed E-state index contributed by atoms with van der Waals surface area (Å²) in [5.41, 5.74) is 0.0177. The molecular formula is C25H29FN6O4. The third kappa shape index (κ3) is 5.03. The predicted molar refractivity (Wildman–Crippen MR) is 128 cm³/mol. The predicted octanol–water partition coefficient (Wildman–Crippen LogP) is 2.57. The van der Waals surface area contributed by atoms with Crippen molar-refractivity contribution in [3.8, 4) is 5.82 Å². The fourth-order valence-electron chi connectivity index (χ4n) is 4.60. The van der Waals surface area contributed by atoms with Gasteiger partial charge in [0.2, 0.25) is 0 Å². The van der Waals surface area contributed by atoms with Gasteiger partial charge in [-0.15, -0.1) is 0 Å². The molecule has 2 aromatic rings. The van der Waals surface area contributed by atoms with Crippen LogP contribution in [-0.2, 0) is 14.3 Å². The number of nitrogens with one attached hydrogen (secondary N) is 1. The Morgan fingerprint density at radius 3 is 2.44 bits per heavy atom. The van der Waals surface area contributed by atoms with Gasteiger partial charge in [-0.25, -0.2) is 28.4 Å². The third-order valence-electron chi connectivity index (χ3n) is 6.45. The number of nitrogens with zero attached hydrogens (tertiary/aromatic N) is 5. The SMILES string of the molecule is CC(c1ccc(-n2cc(F)cn2)nc1)N1CC(=C=O)NC2(CCN(C(=O)OC(C)(C)C)CC2)C1=C=O. The van der Waals surface area contributed by atoms with E-state index in [2.05, 4.69) is 21.3 Å². The molecule has 1 unspecified atom stereocenters. The molecule has 190 valence electrons. The summed E-state index contributed by atoms with van der Waals surface area (Å²) >= 11 is 0. The number of aromatic nitrogens is 3. The lowest BCUT2D eigenvalue weighted by atomic mass is 9.81. The number of carbonyl (C=O) groups excluding carboxylic acids is 3. The van der Waals surface area contributed by atoms with Gasteiger partial charge in [-0.3, -0.25) is 0 Å². The molecule has 1 amide bonds. The highest BCUT2D eigenvalue weighted by molar-refractivity contribution is 5.69. The van der Waals surface area contributed by atoms with E-state index in [-0.39, 0.29) is 12.6 Å². The molecule has 11 heteroatoms. The molecule has 0 radical (unpaired) electrons. The maximum atomic E-state index is 13.3. The zero-order valence-corrected chi connectivity index (χ0v) is 20.7. The van der Waals surface area contributed by atoms with Gasteiger partial charge in [0.15, 0.2) is 11.6 Å². The molecule has 0 aliphatic carbocycles. The molecule has 1 atom stereocenters. The fourth-order valence-corrected chi connectivity index (χ4v) is 4.60. The number of amides is 1. The molecule has 2 aromatic heterocycles. The first-order valence-electron chi connectivity index (χ1n) is 11.7. The smallest absolute Gasteiger partial charge is 0.410 e.